The summed E-state index contributed by atoms with van der Waals surface area (Å²) < 4.78 is 8.88. The Morgan fingerprint density at radius 1 is 1.09 bits per heavy atom. The van der Waals surface area contributed by atoms with Crippen LogP contribution in [-0.2, 0) is 4.57 Å². The molecule has 0 radical (unpaired) electrons. The van der Waals surface area contributed by atoms with Gasteiger partial charge in [-0.2, -0.15) is 0 Å². The molecule has 0 aliphatic heterocycles. The molecule has 0 amide bonds. The predicted molar refractivity (Wildman–Crippen MR) is 46.0 cm³/mol. The minimum Gasteiger partial charge on any atom is -0.303 e. The second kappa shape index (κ2) is 12.3. The molecular formula is C6H15O4P. The van der Waals surface area contributed by atoms with Crippen molar-refractivity contribution in [3.05, 3.63) is 25.3 Å². The first-order chi connectivity index (χ1) is 4.83. The molecule has 11 heavy (non-hydrogen) atoms. The summed E-state index contributed by atoms with van der Waals surface area (Å²) >= 11 is 0. The summed E-state index contributed by atoms with van der Waals surface area (Å²) in [7, 11) is -4.64. The van der Waals surface area contributed by atoms with E-state index in [9.17, 15) is 0 Å². The summed E-state index contributed by atoms with van der Waals surface area (Å²) in [4.78, 5) is 21.6. The lowest BCUT2D eigenvalue weighted by atomic mass is 10.8. The van der Waals surface area contributed by atoms with Gasteiger partial charge in [0.05, 0.1) is 0 Å². The van der Waals surface area contributed by atoms with Gasteiger partial charge in [0.1, 0.15) is 0 Å². The molecular weight excluding hydrogens is 167 g/mol. The molecule has 0 aromatic carbocycles. The number of phosphoric acid groups is 1. The Morgan fingerprint density at radius 3 is 1.09 bits per heavy atom. The lowest BCUT2D eigenvalue weighted by molar-refractivity contribution is 0.275. The highest BCUT2D eigenvalue weighted by molar-refractivity contribution is 7.45. The Kier molecular flexibility index (Phi) is 18.9. The van der Waals surface area contributed by atoms with E-state index >= 15 is 0 Å². The van der Waals surface area contributed by atoms with E-state index < -0.39 is 7.82 Å². The molecule has 0 aliphatic rings. The molecule has 0 atom stereocenters. The molecule has 68 valence electrons. The zero-order valence-corrected chi connectivity index (χ0v) is 7.66. The summed E-state index contributed by atoms with van der Waals surface area (Å²) in [6.45, 7) is 10.5. The van der Waals surface area contributed by atoms with Gasteiger partial charge in [0.15, 0.2) is 0 Å². The highest BCUT2D eigenvalue weighted by atomic mass is 31.2. The number of allylic oxidation sites excluding steroid dienone is 2. The van der Waals surface area contributed by atoms with Crippen molar-refractivity contribution in [3.63, 3.8) is 0 Å². The highest BCUT2D eigenvalue weighted by Gasteiger charge is 2.00. The first-order valence-corrected chi connectivity index (χ1v) is 4.32. The minimum absolute atomic E-state index is 1.75. The molecule has 0 fully saturated rings. The molecule has 4 nitrogen and oxygen atoms in total. The molecule has 0 aromatic heterocycles. The fraction of sp³-hybridized carbons (Fsp3) is 0.333. The van der Waals surface area contributed by atoms with Gasteiger partial charge in [-0.25, -0.2) is 4.57 Å². The van der Waals surface area contributed by atoms with Crippen molar-refractivity contribution in [1.29, 1.82) is 0 Å². The maximum absolute atomic E-state index is 8.88. The van der Waals surface area contributed by atoms with Crippen molar-refractivity contribution in [1.82, 2.24) is 0 Å². The van der Waals surface area contributed by atoms with E-state index in [2.05, 4.69) is 13.2 Å². The van der Waals surface area contributed by atoms with Crippen LogP contribution in [0.3, 0.4) is 0 Å². The van der Waals surface area contributed by atoms with Crippen LogP contribution in [-0.4, -0.2) is 14.7 Å². The molecule has 0 aromatic rings. The van der Waals surface area contributed by atoms with Crippen LogP contribution in [0, 0.1) is 0 Å². The van der Waals surface area contributed by atoms with Crippen LogP contribution in [0.2, 0.25) is 0 Å². The fourth-order valence-electron chi connectivity index (χ4n) is 0. The van der Waals surface area contributed by atoms with E-state index in [1.807, 2.05) is 13.8 Å². The second-order valence-corrected chi connectivity index (χ2v) is 2.36. The topological polar surface area (TPSA) is 77.8 Å². The first-order valence-electron chi connectivity index (χ1n) is 2.75. The quantitative estimate of drug-likeness (QED) is 0.391. The molecule has 0 unspecified atom stereocenters. The predicted octanol–water partition coefficient (Wildman–Crippen LogP) is 1.46. The molecule has 0 spiro atoms. The molecule has 3 N–H and O–H groups in total. The van der Waals surface area contributed by atoms with Gasteiger partial charge in [-0.05, 0) is 13.8 Å². The zero-order chi connectivity index (χ0) is 9.91. The van der Waals surface area contributed by atoms with Crippen LogP contribution < -0.4 is 0 Å². The normalized spacial score (nSPS) is 7.73. The van der Waals surface area contributed by atoms with Crippen LogP contribution in [0.1, 0.15) is 13.8 Å². The molecule has 0 saturated heterocycles. The van der Waals surface area contributed by atoms with Gasteiger partial charge in [-0.15, -0.1) is 13.2 Å². The second-order valence-electron chi connectivity index (χ2n) is 1.33. The van der Waals surface area contributed by atoms with Gasteiger partial charge in [0.25, 0.3) is 0 Å². The third kappa shape index (κ3) is 3290. The highest BCUT2D eigenvalue weighted by Crippen LogP contribution is 2.25. The van der Waals surface area contributed by atoms with Gasteiger partial charge in [0.2, 0.25) is 0 Å². The molecule has 0 rings (SSSR count). The fourth-order valence-corrected chi connectivity index (χ4v) is 0. The Balaban J connectivity index is -0.0000000933. The van der Waals surface area contributed by atoms with Crippen molar-refractivity contribution in [2.24, 2.45) is 0 Å². The van der Waals surface area contributed by atoms with Gasteiger partial charge >= 0.3 is 7.82 Å². The van der Waals surface area contributed by atoms with Crippen molar-refractivity contribution in [2.45, 2.75) is 13.8 Å². The van der Waals surface area contributed by atoms with Crippen LogP contribution in [0.5, 0.6) is 0 Å². The average Bonchev–Trinajstić information content (AvgIpc) is 1.62. The lowest BCUT2D eigenvalue weighted by Crippen LogP contribution is -1.66. The maximum atomic E-state index is 8.88. The molecule has 5 heteroatoms. The molecule has 0 aliphatic carbocycles. The van der Waals surface area contributed by atoms with Crippen molar-refractivity contribution < 1.29 is 19.2 Å². The number of rotatable bonds is 0. The minimum atomic E-state index is -4.64. The van der Waals surface area contributed by atoms with Crippen molar-refractivity contribution in [2.75, 3.05) is 0 Å². The van der Waals surface area contributed by atoms with E-state index in [0.717, 1.165) is 0 Å². The van der Waals surface area contributed by atoms with Crippen LogP contribution in [0.25, 0.3) is 0 Å². The van der Waals surface area contributed by atoms with E-state index in [0.29, 0.717) is 0 Å². The van der Waals surface area contributed by atoms with Gasteiger partial charge < -0.3 is 14.7 Å². The van der Waals surface area contributed by atoms with Gasteiger partial charge in [0, 0.05) is 0 Å². The summed E-state index contributed by atoms with van der Waals surface area (Å²) in [5, 5.41) is 0. The van der Waals surface area contributed by atoms with E-state index in [4.69, 9.17) is 19.2 Å². The SMILES string of the molecule is C=CC.C=CC.O=P(O)(O)O. The Morgan fingerprint density at radius 2 is 1.09 bits per heavy atom. The number of hydrogen-bond acceptors (Lipinski definition) is 1. The van der Waals surface area contributed by atoms with Gasteiger partial charge in [-0.3, -0.25) is 0 Å². The Hall–Kier alpha value is -0.410. The van der Waals surface area contributed by atoms with Crippen molar-refractivity contribution in [3.8, 4) is 0 Å². The summed E-state index contributed by atoms with van der Waals surface area (Å²) in [5.41, 5.74) is 0. The zero-order valence-electron chi connectivity index (χ0n) is 6.77. The molecule has 0 heterocycles. The summed E-state index contributed by atoms with van der Waals surface area (Å²) in [5.74, 6) is 0. The lowest BCUT2D eigenvalue weighted by Gasteiger charge is -1.82. The largest absolute Gasteiger partial charge is 0.466 e. The summed E-state index contributed by atoms with van der Waals surface area (Å²) in [6.07, 6.45) is 3.50. The van der Waals surface area contributed by atoms with E-state index in [1.165, 1.54) is 0 Å². The first kappa shape index (κ1) is 16.9. The molecule has 0 saturated carbocycles. The van der Waals surface area contributed by atoms with Gasteiger partial charge in [-0.1, -0.05) is 12.2 Å². The van der Waals surface area contributed by atoms with E-state index in [-0.39, 0.29) is 0 Å². The Labute approximate surface area is 67.1 Å². The maximum Gasteiger partial charge on any atom is 0.466 e. The summed E-state index contributed by atoms with van der Waals surface area (Å²) in [6, 6.07) is 0. The van der Waals surface area contributed by atoms with Crippen LogP contribution >= 0.6 is 7.82 Å². The van der Waals surface area contributed by atoms with E-state index in [1.54, 1.807) is 12.2 Å². The van der Waals surface area contributed by atoms with Crippen LogP contribution in [0.15, 0.2) is 25.3 Å². The average molecular weight is 182 g/mol. The molecule has 0 bridgehead atoms. The number of hydrogen-bond donors (Lipinski definition) is 3. The smallest absolute Gasteiger partial charge is 0.303 e. The third-order valence-corrected chi connectivity index (χ3v) is 0. The van der Waals surface area contributed by atoms with Crippen molar-refractivity contribution >= 4 is 7.82 Å². The monoisotopic (exact) mass is 182 g/mol. The standard InChI is InChI=1S/2C3H6.H3O4P/c2*1-3-2;1-5(2,3)4/h2*3H,1H2,2H3;(H3,1,2,3,4). The van der Waals surface area contributed by atoms with Crippen LogP contribution in [0.4, 0.5) is 0 Å². The third-order valence-electron chi connectivity index (χ3n) is 0. The Bertz CT molecular complexity index is 112.